The van der Waals surface area contributed by atoms with E-state index in [1.54, 1.807) is 22.8 Å². The zero-order chi connectivity index (χ0) is 24.5. The van der Waals surface area contributed by atoms with Crippen LogP contribution in [0, 0.1) is 0 Å². The third-order valence-corrected chi connectivity index (χ3v) is 5.91. The van der Waals surface area contributed by atoms with Crippen molar-refractivity contribution in [3.63, 3.8) is 0 Å². The van der Waals surface area contributed by atoms with Crippen LogP contribution in [-0.2, 0) is 6.54 Å². The number of carbonyl (C=O) groups excluding carboxylic acids is 1. The number of anilines is 3. The Hall–Kier alpha value is -4.89. The molecule has 0 bridgehead atoms. The number of ether oxygens (including phenoxy) is 2. The van der Waals surface area contributed by atoms with Crippen molar-refractivity contribution in [3.05, 3.63) is 96.2 Å². The lowest BCUT2D eigenvalue weighted by Gasteiger charge is -2.12. The summed E-state index contributed by atoms with van der Waals surface area (Å²) in [6.07, 6.45) is 1.72. The normalized spacial score (nSPS) is 12.0. The van der Waals surface area contributed by atoms with Gasteiger partial charge in [0.15, 0.2) is 11.5 Å². The van der Waals surface area contributed by atoms with Crippen molar-refractivity contribution < 1.29 is 14.3 Å². The molecular formula is C27H22N6O3. The summed E-state index contributed by atoms with van der Waals surface area (Å²) in [7, 11) is 0. The second-order valence-electron chi connectivity index (χ2n) is 8.23. The standard InChI is InChI=1S/C27H22N6O3/c28-15-17-4-6-18(7-5-17)26(34)30-19-8-10-20(11-9-19)31-27-32-23(14-21-12-13-29-33(21)27)22-2-1-3-24-25(22)36-16-35-24/h1-14H,15-16,28H2,(H,30,34)(H,31,32). The number of nitrogens with one attached hydrogen (secondary N) is 2. The predicted octanol–water partition coefficient (Wildman–Crippen LogP) is 4.58. The number of hydrogen-bond donors (Lipinski definition) is 3. The maximum absolute atomic E-state index is 12.6. The number of benzene rings is 3. The average Bonchev–Trinajstić information content (AvgIpc) is 3.59. The Bertz CT molecular complexity index is 1560. The fraction of sp³-hybridized carbons (Fsp3) is 0.0741. The molecule has 9 nitrogen and oxygen atoms in total. The van der Waals surface area contributed by atoms with E-state index < -0.39 is 0 Å². The van der Waals surface area contributed by atoms with Gasteiger partial charge in [-0.2, -0.15) is 5.10 Å². The quantitative estimate of drug-likeness (QED) is 0.327. The lowest BCUT2D eigenvalue weighted by molar-refractivity contribution is 0.102. The van der Waals surface area contributed by atoms with E-state index in [0.29, 0.717) is 35.2 Å². The van der Waals surface area contributed by atoms with Crippen LogP contribution in [0.15, 0.2) is 85.1 Å². The van der Waals surface area contributed by atoms with E-state index in [9.17, 15) is 4.79 Å². The molecule has 0 atom stereocenters. The van der Waals surface area contributed by atoms with Gasteiger partial charge < -0.3 is 25.8 Å². The van der Waals surface area contributed by atoms with Gasteiger partial charge in [-0.3, -0.25) is 4.79 Å². The van der Waals surface area contributed by atoms with Crippen molar-refractivity contribution in [2.75, 3.05) is 17.4 Å². The number of fused-ring (bicyclic) bond motifs is 2. The third kappa shape index (κ3) is 4.08. The molecule has 9 heteroatoms. The van der Waals surface area contributed by atoms with Crippen LogP contribution in [0.5, 0.6) is 11.5 Å². The molecule has 36 heavy (non-hydrogen) atoms. The van der Waals surface area contributed by atoms with Crippen molar-refractivity contribution in [2.24, 2.45) is 5.73 Å². The van der Waals surface area contributed by atoms with E-state index in [1.807, 2.05) is 66.7 Å². The smallest absolute Gasteiger partial charge is 0.255 e. The molecule has 3 aromatic carbocycles. The van der Waals surface area contributed by atoms with Crippen molar-refractivity contribution in [1.82, 2.24) is 14.6 Å². The number of nitrogens with zero attached hydrogens (tertiary/aromatic N) is 3. The number of nitrogens with two attached hydrogens (primary N) is 1. The molecule has 4 N–H and O–H groups in total. The Kier molecular flexibility index (Phi) is 5.44. The third-order valence-electron chi connectivity index (χ3n) is 5.91. The van der Waals surface area contributed by atoms with Crippen LogP contribution in [-0.4, -0.2) is 27.3 Å². The van der Waals surface area contributed by atoms with Crippen LogP contribution in [0.3, 0.4) is 0 Å². The maximum atomic E-state index is 12.6. The molecule has 178 valence electrons. The fourth-order valence-electron chi connectivity index (χ4n) is 4.05. The summed E-state index contributed by atoms with van der Waals surface area (Å²) in [6, 6.07) is 24.2. The first-order valence-corrected chi connectivity index (χ1v) is 11.4. The summed E-state index contributed by atoms with van der Waals surface area (Å²) in [6.45, 7) is 0.628. The van der Waals surface area contributed by atoms with Gasteiger partial charge in [-0.15, -0.1) is 0 Å². The lowest BCUT2D eigenvalue weighted by atomic mass is 10.1. The molecular weight excluding hydrogens is 456 g/mol. The predicted molar refractivity (Wildman–Crippen MR) is 137 cm³/mol. The summed E-state index contributed by atoms with van der Waals surface area (Å²) >= 11 is 0. The molecule has 0 spiro atoms. The Labute approximate surface area is 206 Å². The van der Waals surface area contributed by atoms with Gasteiger partial charge in [0, 0.05) is 29.0 Å². The highest BCUT2D eigenvalue weighted by Crippen LogP contribution is 2.41. The van der Waals surface area contributed by atoms with E-state index in [2.05, 4.69) is 15.7 Å². The first kappa shape index (κ1) is 21.6. The molecule has 0 saturated heterocycles. The second kappa shape index (κ2) is 9.05. The summed E-state index contributed by atoms with van der Waals surface area (Å²) < 4.78 is 12.9. The van der Waals surface area contributed by atoms with Crippen molar-refractivity contribution in [1.29, 1.82) is 0 Å². The highest BCUT2D eigenvalue weighted by atomic mass is 16.7. The van der Waals surface area contributed by atoms with Gasteiger partial charge in [0.05, 0.1) is 17.4 Å². The molecule has 5 aromatic rings. The van der Waals surface area contributed by atoms with Crippen LogP contribution in [0.25, 0.3) is 16.8 Å². The molecule has 6 rings (SSSR count). The monoisotopic (exact) mass is 478 g/mol. The van der Waals surface area contributed by atoms with E-state index in [1.165, 1.54) is 0 Å². The van der Waals surface area contributed by atoms with Gasteiger partial charge in [-0.05, 0) is 66.2 Å². The minimum absolute atomic E-state index is 0.187. The number of aromatic nitrogens is 3. The largest absolute Gasteiger partial charge is 0.454 e. The van der Waals surface area contributed by atoms with Crippen LogP contribution < -0.4 is 25.8 Å². The lowest BCUT2D eigenvalue weighted by Crippen LogP contribution is -2.12. The molecule has 0 aliphatic carbocycles. The molecule has 0 fully saturated rings. The van der Waals surface area contributed by atoms with Crippen molar-refractivity contribution >= 4 is 28.7 Å². The number of rotatable bonds is 6. The van der Waals surface area contributed by atoms with E-state index in [4.69, 9.17) is 20.2 Å². The zero-order valence-electron chi connectivity index (χ0n) is 19.1. The molecule has 1 aliphatic rings. The van der Waals surface area contributed by atoms with Crippen LogP contribution in [0.4, 0.5) is 17.3 Å². The van der Waals surface area contributed by atoms with Gasteiger partial charge in [0.25, 0.3) is 5.91 Å². The van der Waals surface area contributed by atoms with Gasteiger partial charge in [0.1, 0.15) is 0 Å². The Morgan fingerprint density at radius 3 is 2.58 bits per heavy atom. The van der Waals surface area contributed by atoms with Gasteiger partial charge >= 0.3 is 0 Å². The maximum Gasteiger partial charge on any atom is 0.255 e. The first-order chi connectivity index (χ1) is 17.7. The van der Waals surface area contributed by atoms with Crippen molar-refractivity contribution in [3.8, 4) is 22.8 Å². The molecule has 0 saturated carbocycles. The van der Waals surface area contributed by atoms with Crippen LogP contribution >= 0.6 is 0 Å². The van der Waals surface area contributed by atoms with Crippen LogP contribution in [0.1, 0.15) is 15.9 Å². The molecule has 0 unspecified atom stereocenters. The van der Waals surface area contributed by atoms with E-state index in [-0.39, 0.29) is 12.7 Å². The van der Waals surface area contributed by atoms with Gasteiger partial charge in [-0.1, -0.05) is 18.2 Å². The molecule has 0 radical (unpaired) electrons. The average molecular weight is 479 g/mol. The number of carbonyl (C=O) groups is 1. The van der Waals surface area contributed by atoms with Gasteiger partial charge in [0.2, 0.25) is 12.7 Å². The first-order valence-electron chi connectivity index (χ1n) is 11.4. The Balaban J connectivity index is 1.24. The molecule has 2 aromatic heterocycles. The van der Waals surface area contributed by atoms with E-state index in [0.717, 1.165) is 28.0 Å². The summed E-state index contributed by atoms with van der Waals surface area (Å²) in [5.41, 5.74) is 11.1. The molecule has 1 amide bonds. The Morgan fingerprint density at radius 1 is 0.972 bits per heavy atom. The molecule has 3 heterocycles. The molecule has 1 aliphatic heterocycles. The zero-order valence-corrected chi connectivity index (χ0v) is 19.1. The van der Waals surface area contributed by atoms with Crippen molar-refractivity contribution in [2.45, 2.75) is 6.54 Å². The fourth-order valence-corrected chi connectivity index (χ4v) is 4.05. The number of hydrogen-bond acceptors (Lipinski definition) is 7. The number of amides is 1. The van der Waals surface area contributed by atoms with Crippen LogP contribution in [0.2, 0.25) is 0 Å². The minimum atomic E-state index is -0.187. The summed E-state index contributed by atoms with van der Waals surface area (Å²) in [4.78, 5) is 17.4. The topological polar surface area (TPSA) is 116 Å². The van der Waals surface area contributed by atoms with Gasteiger partial charge in [-0.25, -0.2) is 9.50 Å². The Morgan fingerprint density at radius 2 is 1.78 bits per heavy atom. The summed E-state index contributed by atoms with van der Waals surface area (Å²) in [5.74, 6) is 1.73. The highest BCUT2D eigenvalue weighted by molar-refractivity contribution is 6.04. The summed E-state index contributed by atoms with van der Waals surface area (Å²) in [5, 5.41) is 10.6. The number of para-hydroxylation sites is 1. The second-order valence-corrected chi connectivity index (χ2v) is 8.23. The minimum Gasteiger partial charge on any atom is -0.454 e. The van der Waals surface area contributed by atoms with E-state index >= 15 is 0 Å². The highest BCUT2D eigenvalue weighted by Gasteiger charge is 2.20. The SMILES string of the molecule is NCc1ccc(C(=O)Nc2ccc(Nc3nc(-c4cccc5c4OCO5)cc4ccnn34)cc2)cc1.